The van der Waals surface area contributed by atoms with Gasteiger partial charge < -0.3 is 9.30 Å². The second-order valence-corrected chi connectivity index (χ2v) is 7.88. The summed E-state index contributed by atoms with van der Waals surface area (Å²) in [6, 6.07) is 18.2. The highest BCUT2D eigenvalue weighted by Gasteiger charge is 2.18. The largest absolute Gasteiger partial charge is 0.382 e. The third kappa shape index (κ3) is 5.36. The molecule has 1 amide bonds. The fourth-order valence-corrected chi connectivity index (χ4v) is 3.79. The number of fused-ring (bicyclic) bond motifs is 1. The number of thioether (sulfide) groups is 1. The van der Waals surface area contributed by atoms with Gasteiger partial charge in [0.05, 0.1) is 16.3 Å². The molecule has 1 aromatic heterocycles. The molecule has 5 nitrogen and oxygen atoms in total. The van der Waals surface area contributed by atoms with E-state index in [1.54, 1.807) is 11.8 Å². The van der Waals surface area contributed by atoms with Gasteiger partial charge in [0.1, 0.15) is 0 Å². The fourth-order valence-electron chi connectivity index (χ4n) is 2.95. The van der Waals surface area contributed by atoms with E-state index in [9.17, 15) is 4.79 Å². The molecule has 0 saturated heterocycles. The van der Waals surface area contributed by atoms with Crippen molar-refractivity contribution in [1.82, 2.24) is 9.55 Å². The normalized spacial score (nSPS) is 12.2. The van der Waals surface area contributed by atoms with E-state index in [0.717, 1.165) is 29.8 Å². The first kappa shape index (κ1) is 20.4. The van der Waals surface area contributed by atoms with Crippen LogP contribution in [0.5, 0.6) is 0 Å². The molecular weight excluding hydrogens is 370 g/mol. The number of anilines is 1. The number of rotatable bonds is 10. The van der Waals surface area contributed by atoms with E-state index in [1.807, 2.05) is 56.3 Å². The lowest BCUT2D eigenvalue weighted by molar-refractivity contribution is -0.115. The highest BCUT2D eigenvalue weighted by Crippen LogP contribution is 2.22. The van der Waals surface area contributed by atoms with Crippen LogP contribution in [0.25, 0.3) is 11.0 Å². The number of imidazole rings is 1. The van der Waals surface area contributed by atoms with E-state index in [1.165, 1.54) is 5.56 Å². The number of para-hydroxylation sites is 2. The Morgan fingerprint density at radius 2 is 1.93 bits per heavy atom. The Balaban J connectivity index is 1.67. The summed E-state index contributed by atoms with van der Waals surface area (Å²) in [4.78, 5) is 17.4. The molecule has 0 saturated carbocycles. The van der Waals surface area contributed by atoms with Gasteiger partial charge in [-0.2, -0.15) is 0 Å². The van der Waals surface area contributed by atoms with Gasteiger partial charge in [0.25, 0.3) is 0 Å². The minimum atomic E-state index is -0.170. The van der Waals surface area contributed by atoms with E-state index >= 15 is 0 Å². The summed E-state index contributed by atoms with van der Waals surface area (Å²) < 4.78 is 7.52. The van der Waals surface area contributed by atoms with Crippen molar-refractivity contribution >= 4 is 34.7 Å². The summed E-state index contributed by atoms with van der Waals surface area (Å²) in [5.74, 6) is 1.39. The lowest BCUT2D eigenvalue weighted by atomic mass is 10.2. The zero-order chi connectivity index (χ0) is 19.8. The molecule has 148 valence electrons. The van der Waals surface area contributed by atoms with E-state index in [2.05, 4.69) is 27.0 Å². The van der Waals surface area contributed by atoms with Crippen LogP contribution in [0.3, 0.4) is 0 Å². The number of amides is 1. The summed E-state index contributed by atoms with van der Waals surface area (Å²) in [6.45, 7) is 6.09. The van der Waals surface area contributed by atoms with E-state index in [4.69, 9.17) is 4.74 Å². The fraction of sp³-hybridized carbons (Fsp3) is 0.364. The SMILES string of the molecule is CCOCCCn1c(NC(=O)C(C)SCc2ccccc2)nc2ccccc21. The van der Waals surface area contributed by atoms with Crippen LogP contribution in [0.4, 0.5) is 5.95 Å². The van der Waals surface area contributed by atoms with Gasteiger partial charge in [0.15, 0.2) is 0 Å². The molecule has 0 bridgehead atoms. The number of hydrogen-bond acceptors (Lipinski definition) is 4. The monoisotopic (exact) mass is 397 g/mol. The van der Waals surface area contributed by atoms with Crippen molar-refractivity contribution in [2.75, 3.05) is 18.5 Å². The molecule has 2 aromatic carbocycles. The van der Waals surface area contributed by atoms with Crippen molar-refractivity contribution in [1.29, 1.82) is 0 Å². The van der Waals surface area contributed by atoms with Crippen LogP contribution in [0.2, 0.25) is 0 Å². The molecule has 0 aliphatic rings. The third-order valence-corrected chi connectivity index (χ3v) is 5.69. The van der Waals surface area contributed by atoms with E-state index in [-0.39, 0.29) is 11.2 Å². The van der Waals surface area contributed by atoms with Crippen molar-refractivity contribution in [3.8, 4) is 0 Å². The lowest BCUT2D eigenvalue weighted by Crippen LogP contribution is -2.24. The number of nitrogens with one attached hydrogen (secondary N) is 1. The van der Waals surface area contributed by atoms with Crippen LogP contribution in [-0.2, 0) is 21.8 Å². The first-order chi connectivity index (χ1) is 13.7. The average molecular weight is 398 g/mol. The molecule has 1 N–H and O–H groups in total. The topological polar surface area (TPSA) is 56.1 Å². The van der Waals surface area contributed by atoms with Crippen molar-refractivity contribution in [3.63, 3.8) is 0 Å². The van der Waals surface area contributed by atoms with Crippen LogP contribution in [-0.4, -0.2) is 33.9 Å². The summed E-state index contributed by atoms with van der Waals surface area (Å²) >= 11 is 1.62. The Morgan fingerprint density at radius 1 is 1.18 bits per heavy atom. The second-order valence-electron chi connectivity index (χ2n) is 6.55. The predicted octanol–water partition coefficient (Wildman–Crippen LogP) is 4.72. The van der Waals surface area contributed by atoms with Gasteiger partial charge in [0.2, 0.25) is 11.9 Å². The maximum absolute atomic E-state index is 12.7. The zero-order valence-corrected chi connectivity index (χ0v) is 17.2. The number of benzene rings is 2. The quantitative estimate of drug-likeness (QED) is 0.503. The minimum absolute atomic E-state index is 0.0257. The molecule has 0 radical (unpaired) electrons. The lowest BCUT2D eigenvalue weighted by Gasteiger charge is -2.14. The summed E-state index contributed by atoms with van der Waals surface area (Å²) in [7, 11) is 0. The third-order valence-electron chi connectivity index (χ3n) is 4.48. The summed E-state index contributed by atoms with van der Waals surface area (Å²) in [6.07, 6.45) is 0.870. The number of aromatic nitrogens is 2. The minimum Gasteiger partial charge on any atom is -0.382 e. The van der Waals surface area contributed by atoms with E-state index < -0.39 is 0 Å². The number of hydrogen-bond donors (Lipinski definition) is 1. The van der Waals surface area contributed by atoms with Crippen LogP contribution in [0.1, 0.15) is 25.8 Å². The standard InChI is InChI=1S/C22H27N3O2S/c1-3-27-15-9-14-25-20-13-8-7-12-19(20)23-22(25)24-21(26)17(2)28-16-18-10-5-4-6-11-18/h4-8,10-13,17H,3,9,14-16H2,1-2H3,(H,23,24,26). The molecule has 1 heterocycles. The molecular formula is C22H27N3O2S. The number of carbonyl (C=O) groups excluding carboxylic acids is 1. The van der Waals surface area contributed by atoms with Gasteiger partial charge in [-0.25, -0.2) is 4.98 Å². The number of carbonyl (C=O) groups is 1. The smallest absolute Gasteiger partial charge is 0.239 e. The molecule has 0 spiro atoms. The molecule has 3 aromatic rings. The second kappa shape index (κ2) is 10.3. The Hall–Kier alpha value is -2.31. The maximum Gasteiger partial charge on any atom is 0.239 e. The molecule has 6 heteroatoms. The van der Waals surface area contributed by atoms with Crippen molar-refractivity contribution in [2.24, 2.45) is 0 Å². The first-order valence-electron chi connectivity index (χ1n) is 9.68. The van der Waals surface area contributed by atoms with Gasteiger partial charge >= 0.3 is 0 Å². The Bertz CT molecular complexity index is 895. The van der Waals surface area contributed by atoms with Crippen LogP contribution < -0.4 is 5.32 Å². The summed E-state index contributed by atoms with van der Waals surface area (Å²) in [5, 5.41) is 2.86. The average Bonchev–Trinajstić information content (AvgIpc) is 3.07. The predicted molar refractivity (Wildman–Crippen MR) is 117 cm³/mol. The van der Waals surface area contributed by atoms with Crippen molar-refractivity contribution in [3.05, 3.63) is 60.2 Å². The zero-order valence-electron chi connectivity index (χ0n) is 16.4. The molecule has 1 atom stereocenters. The maximum atomic E-state index is 12.7. The molecule has 0 aliphatic carbocycles. The van der Waals surface area contributed by atoms with Crippen LogP contribution in [0.15, 0.2) is 54.6 Å². The summed E-state index contributed by atoms with van der Waals surface area (Å²) in [5.41, 5.74) is 3.13. The van der Waals surface area contributed by atoms with Gasteiger partial charge in [-0.15, -0.1) is 11.8 Å². The van der Waals surface area contributed by atoms with Crippen LogP contribution in [0, 0.1) is 0 Å². The van der Waals surface area contributed by atoms with Gasteiger partial charge in [0, 0.05) is 25.5 Å². The Morgan fingerprint density at radius 3 is 2.71 bits per heavy atom. The molecule has 28 heavy (non-hydrogen) atoms. The van der Waals surface area contributed by atoms with Crippen LogP contribution >= 0.6 is 11.8 Å². The highest BCUT2D eigenvalue weighted by molar-refractivity contribution is 7.99. The molecule has 1 unspecified atom stereocenters. The number of ether oxygens (including phenoxy) is 1. The molecule has 0 fully saturated rings. The van der Waals surface area contributed by atoms with Gasteiger partial charge in [-0.3, -0.25) is 10.1 Å². The van der Waals surface area contributed by atoms with Gasteiger partial charge in [-0.1, -0.05) is 42.5 Å². The first-order valence-corrected chi connectivity index (χ1v) is 10.7. The van der Waals surface area contributed by atoms with Crippen molar-refractivity contribution in [2.45, 2.75) is 37.8 Å². The van der Waals surface area contributed by atoms with Gasteiger partial charge in [-0.05, 0) is 38.0 Å². The number of aryl methyl sites for hydroxylation is 1. The van der Waals surface area contributed by atoms with E-state index in [0.29, 0.717) is 19.2 Å². The highest BCUT2D eigenvalue weighted by atomic mass is 32.2. The molecule has 3 rings (SSSR count). The number of nitrogens with zero attached hydrogens (tertiary/aromatic N) is 2. The van der Waals surface area contributed by atoms with Crippen molar-refractivity contribution < 1.29 is 9.53 Å². The Labute approximate surface area is 170 Å². The Kier molecular flexibility index (Phi) is 7.51. The molecule has 0 aliphatic heterocycles.